The van der Waals surface area contributed by atoms with Crippen LogP contribution in [0, 0.1) is 5.82 Å². The molecule has 0 saturated carbocycles. The van der Waals surface area contributed by atoms with Crippen LogP contribution in [-0.4, -0.2) is 58.9 Å². The topological polar surface area (TPSA) is 130 Å². The molecule has 3 heterocycles. The van der Waals surface area contributed by atoms with E-state index in [1.165, 1.54) is 26.6 Å². The van der Waals surface area contributed by atoms with Gasteiger partial charge in [0.25, 0.3) is 0 Å². The number of nitrogens with zero attached hydrogens (tertiary/aromatic N) is 7. The summed E-state index contributed by atoms with van der Waals surface area (Å²) < 4.78 is 41.3. The fraction of sp³-hybridized carbons (Fsp3) is 0.200. The van der Waals surface area contributed by atoms with Crippen LogP contribution >= 0.6 is 0 Å². The molecule has 0 saturated heterocycles. The molecule has 0 bridgehead atoms. The largest absolute Gasteiger partial charge is 0.494 e. The van der Waals surface area contributed by atoms with E-state index in [-0.39, 0.29) is 18.1 Å². The van der Waals surface area contributed by atoms with Crippen molar-refractivity contribution in [3.8, 4) is 28.7 Å². The highest BCUT2D eigenvalue weighted by molar-refractivity contribution is 7.86. The molecule has 1 atom stereocenters. The van der Waals surface area contributed by atoms with Crippen LogP contribution in [0.5, 0.6) is 11.5 Å². The van der Waals surface area contributed by atoms with Gasteiger partial charge in [-0.05, 0) is 12.1 Å². The number of hydrogen-bond acceptors (Lipinski definition) is 9. The monoisotopic (exact) mass is 470 g/mol. The maximum Gasteiger partial charge on any atom is 0.241 e. The third-order valence-corrected chi connectivity index (χ3v) is 5.46. The second-order valence-electron chi connectivity index (χ2n) is 6.50. The lowest BCUT2D eigenvalue weighted by molar-refractivity contribution is 0.391. The van der Waals surface area contributed by atoms with Gasteiger partial charge in [-0.15, -0.1) is 10.2 Å². The van der Waals surface area contributed by atoms with Gasteiger partial charge in [0, 0.05) is 18.8 Å². The molecule has 13 heteroatoms. The van der Waals surface area contributed by atoms with Crippen molar-refractivity contribution >= 4 is 16.9 Å². The normalized spacial score (nSPS) is 11.7. The first-order valence-electron chi connectivity index (χ1n) is 9.65. The predicted octanol–water partition coefficient (Wildman–Crippen LogP) is 1.99. The molecule has 4 aromatic rings. The third kappa shape index (κ3) is 4.92. The Labute approximate surface area is 190 Å². The Balaban J connectivity index is 1.70. The lowest BCUT2D eigenvalue weighted by Crippen LogP contribution is -2.16. The maximum atomic E-state index is 13.0. The number of halogens is 1. The van der Waals surface area contributed by atoms with Crippen LogP contribution in [0.25, 0.3) is 17.2 Å². The van der Waals surface area contributed by atoms with E-state index in [1.807, 2.05) is 0 Å². The van der Waals surface area contributed by atoms with Crippen molar-refractivity contribution in [1.29, 1.82) is 0 Å². The predicted molar refractivity (Wildman–Crippen MR) is 118 cm³/mol. The second-order valence-corrected chi connectivity index (χ2v) is 7.81. The van der Waals surface area contributed by atoms with E-state index in [1.54, 1.807) is 29.0 Å². The summed E-state index contributed by atoms with van der Waals surface area (Å²) in [6, 6.07) is 5.29. The number of ether oxygens (including phenoxy) is 2. The lowest BCUT2D eigenvalue weighted by atomic mass is 10.2. The van der Waals surface area contributed by atoms with Crippen LogP contribution < -0.4 is 14.2 Å². The number of benzene rings is 1. The fourth-order valence-corrected chi connectivity index (χ4v) is 3.81. The second kappa shape index (κ2) is 10.1. The molecule has 1 unspecified atom stereocenters. The van der Waals surface area contributed by atoms with Gasteiger partial charge in [0.15, 0.2) is 11.6 Å². The van der Waals surface area contributed by atoms with Crippen LogP contribution in [0.4, 0.5) is 10.3 Å². The zero-order chi connectivity index (χ0) is 23.2. The summed E-state index contributed by atoms with van der Waals surface area (Å²) in [5.74, 6) is 1.47. The number of methoxy groups -OCH3 is 2. The van der Waals surface area contributed by atoms with Crippen LogP contribution in [-0.2, 0) is 17.4 Å². The Kier molecular flexibility index (Phi) is 6.78. The van der Waals surface area contributed by atoms with Gasteiger partial charge in [0.1, 0.15) is 39.7 Å². The molecule has 0 aliphatic carbocycles. The summed E-state index contributed by atoms with van der Waals surface area (Å²) in [6.45, 7) is 0. The van der Waals surface area contributed by atoms with E-state index in [0.29, 0.717) is 34.5 Å². The zero-order valence-corrected chi connectivity index (χ0v) is 18.5. The number of para-hydroxylation sites is 1. The standard InChI is InChI=1S/C20H19FN8O3S/c1-31-15-4-3-5-16(32-2)18(15)29-19(14-12-22-7-8-23-14)26-27-20(29)28-33(30)9-6-17-24-10-13(21)11-25-17/h3-5,7-8,10-12H,6,9H2,1-2H3,(H,27,28). The molecular weight excluding hydrogens is 451 g/mol. The number of anilines is 1. The molecule has 33 heavy (non-hydrogen) atoms. The fourth-order valence-electron chi connectivity index (χ4n) is 3.00. The first kappa shape index (κ1) is 22.2. The molecule has 0 amide bonds. The summed E-state index contributed by atoms with van der Waals surface area (Å²) >= 11 is 0. The molecule has 1 aromatic carbocycles. The average molecular weight is 470 g/mol. The highest BCUT2D eigenvalue weighted by Gasteiger charge is 2.24. The van der Waals surface area contributed by atoms with E-state index in [9.17, 15) is 8.60 Å². The molecule has 1 N–H and O–H groups in total. The average Bonchev–Trinajstić information content (AvgIpc) is 3.26. The quantitative estimate of drug-likeness (QED) is 0.390. The number of nitrogens with one attached hydrogen (secondary N) is 1. The molecule has 0 fully saturated rings. The van der Waals surface area contributed by atoms with Crippen molar-refractivity contribution in [1.82, 2.24) is 34.7 Å². The first-order valence-corrected chi connectivity index (χ1v) is 11.0. The Morgan fingerprint density at radius 3 is 2.39 bits per heavy atom. The highest BCUT2D eigenvalue weighted by Crippen LogP contribution is 2.37. The molecule has 11 nitrogen and oxygen atoms in total. The van der Waals surface area contributed by atoms with Crippen molar-refractivity contribution in [3.05, 3.63) is 60.8 Å². The van der Waals surface area contributed by atoms with Gasteiger partial charge in [-0.2, -0.15) is 0 Å². The number of aromatic nitrogens is 7. The third-order valence-electron chi connectivity index (χ3n) is 4.47. The molecule has 0 radical (unpaired) electrons. The van der Waals surface area contributed by atoms with Crippen LogP contribution in [0.3, 0.4) is 0 Å². The molecule has 0 aliphatic rings. The van der Waals surface area contributed by atoms with Gasteiger partial charge >= 0.3 is 0 Å². The Hall–Kier alpha value is -4.00. The zero-order valence-electron chi connectivity index (χ0n) is 17.7. The van der Waals surface area contributed by atoms with Crippen LogP contribution in [0.1, 0.15) is 5.82 Å². The van der Waals surface area contributed by atoms with E-state index in [0.717, 1.165) is 12.4 Å². The van der Waals surface area contributed by atoms with Crippen molar-refractivity contribution in [2.24, 2.45) is 0 Å². The summed E-state index contributed by atoms with van der Waals surface area (Å²) in [5.41, 5.74) is 0.936. The van der Waals surface area contributed by atoms with Gasteiger partial charge in [-0.3, -0.25) is 14.3 Å². The van der Waals surface area contributed by atoms with E-state index < -0.39 is 16.8 Å². The molecule has 170 valence electrons. The summed E-state index contributed by atoms with van der Waals surface area (Å²) in [4.78, 5) is 16.2. The van der Waals surface area contributed by atoms with E-state index in [4.69, 9.17) is 9.47 Å². The lowest BCUT2D eigenvalue weighted by Gasteiger charge is -2.17. The maximum absolute atomic E-state index is 13.0. The van der Waals surface area contributed by atoms with Crippen LogP contribution in [0.15, 0.2) is 49.2 Å². The minimum absolute atomic E-state index is 0.155. The first-order chi connectivity index (χ1) is 16.1. The van der Waals surface area contributed by atoms with E-state index >= 15 is 0 Å². The van der Waals surface area contributed by atoms with Crippen molar-refractivity contribution < 1.29 is 18.1 Å². The van der Waals surface area contributed by atoms with Gasteiger partial charge in [-0.1, -0.05) is 6.07 Å². The number of aryl methyl sites for hydroxylation is 1. The smallest absolute Gasteiger partial charge is 0.241 e. The van der Waals surface area contributed by atoms with Gasteiger partial charge in [-0.25, -0.2) is 23.6 Å². The van der Waals surface area contributed by atoms with Crippen molar-refractivity contribution in [2.75, 3.05) is 24.7 Å². The van der Waals surface area contributed by atoms with E-state index in [2.05, 4.69) is 34.9 Å². The molecule has 0 aliphatic heterocycles. The minimum atomic E-state index is -1.59. The summed E-state index contributed by atoms with van der Waals surface area (Å²) in [5, 5.41) is 8.41. The van der Waals surface area contributed by atoms with Crippen molar-refractivity contribution in [3.63, 3.8) is 0 Å². The molecule has 4 rings (SSSR count). The number of hydrogen-bond donors (Lipinski definition) is 1. The Bertz CT molecular complexity index is 1230. The van der Waals surface area contributed by atoms with Crippen molar-refractivity contribution in [2.45, 2.75) is 6.42 Å². The van der Waals surface area contributed by atoms with Crippen LogP contribution in [0.2, 0.25) is 0 Å². The molecular formula is C20H19FN8O3S. The Morgan fingerprint density at radius 1 is 1.03 bits per heavy atom. The number of rotatable bonds is 9. The van der Waals surface area contributed by atoms with Gasteiger partial charge in [0.05, 0.1) is 38.6 Å². The summed E-state index contributed by atoms with van der Waals surface area (Å²) in [7, 11) is 1.47. The summed E-state index contributed by atoms with van der Waals surface area (Å²) in [6.07, 6.45) is 7.01. The van der Waals surface area contributed by atoms with Gasteiger partial charge in [0.2, 0.25) is 5.95 Å². The van der Waals surface area contributed by atoms with Gasteiger partial charge < -0.3 is 9.47 Å². The molecule has 0 spiro atoms. The minimum Gasteiger partial charge on any atom is -0.494 e. The molecule has 3 aromatic heterocycles. The SMILES string of the molecule is COc1cccc(OC)c1-n1c(NS(=O)CCc2ncc(F)cn2)nnc1-c1cnccn1. The highest BCUT2D eigenvalue weighted by atomic mass is 32.2. The Morgan fingerprint density at radius 2 is 1.76 bits per heavy atom.